The van der Waals surface area contributed by atoms with E-state index in [0.29, 0.717) is 6.42 Å². The van der Waals surface area contributed by atoms with Gasteiger partial charge in [-0.1, -0.05) is 58.3 Å². The molecule has 0 unspecified atom stereocenters. The number of carbonyl (C=O) groups excluding carboxylic acids is 1. The topological polar surface area (TPSA) is 26.3 Å². The second kappa shape index (κ2) is 15.0. The van der Waals surface area contributed by atoms with Gasteiger partial charge in [-0.2, -0.15) is 0 Å². The lowest BCUT2D eigenvalue weighted by Crippen LogP contribution is -2.14. The van der Waals surface area contributed by atoms with E-state index in [1.807, 2.05) is 0 Å². The molecule has 4 heteroatoms. The summed E-state index contributed by atoms with van der Waals surface area (Å²) in [6.07, 6.45) is 13.1. The van der Waals surface area contributed by atoms with Gasteiger partial charge in [0.1, 0.15) is 0 Å². The molecule has 0 radical (unpaired) electrons. The fourth-order valence-electron chi connectivity index (χ4n) is 2.37. The standard InChI is InChI=1S/C17H32Cl2O2/c1-3-4-5-9-12-15(18)16(19)13-10-7-6-8-11-14-17(20)21-2/h15-16H,3-14H2,1-2H3/t15-,16+/m1/s1. The number of unbranched alkanes of at least 4 members (excludes halogenated alkanes) is 7. The first kappa shape index (κ1) is 21.0. The molecule has 0 saturated carbocycles. The number of esters is 1. The molecule has 0 spiro atoms. The van der Waals surface area contributed by atoms with Crippen molar-refractivity contribution in [2.45, 2.75) is 94.7 Å². The highest BCUT2D eigenvalue weighted by atomic mass is 35.5. The van der Waals surface area contributed by atoms with E-state index in [4.69, 9.17) is 23.2 Å². The molecular formula is C17H32Cl2O2. The predicted molar refractivity (Wildman–Crippen MR) is 92.4 cm³/mol. The SMILES string of the molecule is CCCCCC[C@@H](Cl)[C@@H](Cl)CCCCCCCC(=O)OC. The predicted octanol–water partition coefficient (Wildman–Crippen LogP) is 6.08. The van der Waals surface area contributed by atoms with Crippen LogP contribution < -0.4 is 0 Å². The van der Waals surface area contributed by atoms with Crippen molar-refractivity contribution in [3.63, 3.8) is 0 Å². The monoisotopic (exact) mass is 338 g/mol. The van der Waals surface area contributed by atoms with Crippen LogP contribution in [0.15, 0.2) is 0 Å². The third kappa shape index (κ3) is 13.4. The Kier molecular flexibility index (Phi) is 15.0. The van der Waals surface area contributed by atoms with Crippen molar-refractivity contribution in [2.24, 2.45) is 0 Å². The summed E-state index contributed by atoms with van der Waals surface area (Å²) in [6, 6.07) is 0. The zero-order valence-corrected chi connectivity index (χ0v) is 15.2. The van der Waals surface area contributed by atoms with E-state index in [-0.39, 0.29) is 16.7 Å². The number of alkyl halides is 2. The molecule has 0 heterocycles. The van der Waals surface area contributed by atoms with E-state index in [1.165, 1.54) is 39.2 Å². The van der Waals surface area contributed by atoms with Crippen LogP contribution in [0.4, 0.5) is 0 Å². The van der Waals surface area contributed by atoms with Crippen LogP contribution in [0.2, 0.25) is 0 Å². The van der Waals surface area contributed by atoms with Crippen LogP contribution in [0.5, 0.6) is 0 Å². The van der Waals surface area contributed by atoms with E-state index in [2.05, 4.69) is 11.7 Å². The van der Waals surface area contributed by atoms with Gasteiger partial charge in [-0.3, -0.25) is 4.79 Å². The highest BCUT2D eigenvalue weighted by molar-refractivity contribution is 6.29. The van der Waals surface area contributed by atoms with Crippen LogP contribution in [0.1, 0.15) is 84.0 Å². The number of hydrogen-bond acceptors (Lipinski definition) is 2. The van der Waals surface area contributed by atoms with Crippen LogP contribution in [-0.2, 0) is 9.53 Å². The molecule has 0 bridgehead atoms. The summed E-state index contributed by atoms with van der Waals surface area (Å²) >= 11 is 12.7. The summed E-state index contributed by atoms with van der Waals surface area (Å²) in [5.74, 6) is -0.108. The van der Waals surface area contributed by atoms with Crippen molar-refractivity contribution in [3.05, 3.63) is 0 Å². The molecule has 0 saturated heterocycles. The lowest BCUT2D eigenvalue weighted by Gasteiger charge is -2.15. The Morgan fingerprint density at radius 3 is 1.86 bits per heavy atom. The molecule has 0 aromatic rings. The van der Waals surface area contributed by atoms with Crippen molar-refractivity contribution in [2.75, 3.05) is 7.11 Å². The van der Waals surface area contributed by atoms with E-state index < -0.39 is 0 Å². The number of rotatable bonds is 14. The molecular weight excluding hydrogens is 307 g/mol. The molecule has 0 fully saturated rings. The molecule has 21 heavy (non-hydrogen) atoms. The quantitative estimate of drug-likeness (QED) is 0.218. The lowest BCUT2D eigenvalue weighted by atomic mass is 10.0. The van der Waals surface area contributed by atoms with Crippen LogP contribution in [-0.4, -0.2) is 23.8 Å². The highest BCUT2D eigenvalue weighted by Crippen LogP contribution is 2.22. The molecule has 126 valence electrons. The Labute approximate surface area is 140 Å². The Balaban J connectivity index is 3.39. The van der Waals surface area contributed by atoms with Crippen molar-refractivity contribution >= 4 is 29.2 Å². The molecule has 0 aromatic carbocycles. The van der Waals surface area contributed by atoms with E-state index >= 15 is 0 Å². The number of carbonyl (C=O) groups is 1. The summed E-state index contributed by atoms with van der Waals surface area (Å²) in [6.45, 7) is 2.22. The van der Waals surface area contributed by atoms with Gasteiger partial charge in [0.25, 0.3) is 0 Å². The minimum Gasteiger partial charge on any atom is -0.469 e. The largest absolute Gasteiger partial charge is 0.469 e. The van der Waals surface area contributed by atoms with Crippen molar-refractivity contribution < 1.29 is 9.53 Å². The zero-order chi connectivity index (χ0) is 15.9. The second-order valence-corrected chi connectivity index (χ2v) is 6.89. The van der Waals surface area contributed by atoms with Crippen molar-refractivity contribution in [3.8, 4) is 0 Å². The lowest BCUT2D eigenvalue weighted by molar-refractivity contribution is -0.140. The third-order valence-electron chi connectivity index (χ3n) is 3.81. The average molecular weight is 339 g/mol. The molecule has 2 nitrogen and oxygen atoms in total. The normalized spacial score (nSPS) is 13.9. The first-order chi connectivity index (χ1) is 10.1. The van der Waals surface area contributed by atoms with E-state index in [1.54, 1.807) is 0 Å². The van der Waals surface area contributed by atoms with Crippen molar-refractivity contribution in [1.82, 2.24) is 0 Å². The molecule has 0 aliphatic carbocycles. The smallest absolute Gasteiger partial charge is 0.305 e. The highest BCUT2D eigenvalue weighted by Gasteiger charge is 2.15. The van der Waals surface area contributed by atoms with Crippen LogP contribution in [0.25, 0.3) is 0 Å². The fraction of sp³-hybridized carbons (Fsp3) is 0.941. The Bertz CT molecular complexity index is 247. The maximum Gasteiger partial charge on any atom is 0.305 e. The van der Waals surface area contributed by atoms with Gasteiger partial charge >= 0.3 is 5.97 Å². The maximum atomic E-state index is 10.9. The first-order valence-corrected chi connectivity index (χ1v) is 9.34. The van der Waals surface area contributed by atoms with Gasteiger partial charge in [-0.15, -0.1) is 23.2 Å². The molecule has 0 aliphatic rings. The number of ether oxygens (including phenoxy) is 1. The van der Waals surface area contributed by atoms with E-state index in [0.717, 1.165) is 38.5 Å². The summed E-state index contributed by atoms with van der Waals surface area (Å²) in [5, 5.41) is 0.214. The third-order valence-corrected chi connectivity index (χ3v) is 4.99. The van der Waals surface area contributed by atoms with Gasteiger partial charge in [-0.05, 0) is 19.3 Å². The Hall–Kier alpha value is 0.0500. The zero-order valence-electron chi connectivity index (χ0n) is 13.7. The second-order valence-electron chi connectivity index (χ2n) is 5.76. The minimum atomic E-state index is -0.108. The molecule has 0 rings (SSSR count). The molecule has 0 N–H and O–H groups in total. The van der Waals surface area contributed by atoms with E-state index in [9.17, 15) is 4.79 Å². The Morgan fingerprint density at radius 2 is 1.33 bits per heavy atom. The van der Waals surface area contributed by atoms with Gasteiger partial charge in [0.15, 0.2) is 0 Å². The van der Waals surface area contributed by atoms with Gasteiger partial charge < -0.3 is 4.74 Å². The fourth-order valence-corrected chi connectivity index (χ4v) is 2.93. The van der Waals surface area contributed by atoms with Crippen molar-refractivity contribution in [1.29, 1.82) is 0 Å². The maximum absolute atomic E-state index is 10.9. The number of methoxy groups -OCH3 is 1. The molecule has 0 aliphatic heterocycles. The summed E-state index contributed by atoms with van der Waals surface area (Å²) in [4.78, 5) is 10.9. The summed E-state index contributed by atoms with van der Waals surface area (Å²) in [5.41, 5.74) is 0. The molecule has 2 atom stereocenters. The van der Waals surface area contributed by atoms with Crippen LogP contribution in [0.3, 0.4) is 0 Å². The molecule has 0 aromatic heterocycles. The minimum absolute atomic E-state index is 0.100. The number of hydrogen-bond donors (Lipinski definition) is 0. The Morgan fingerprint density at radius 1 is 0.857 bits per heavy atom. The van der Waals surface area contributed by atoms with Crippen LogP contribution >= 0.6 is 23.2 Å². The van der Waals surface area contributed by atoms with Crippen LogP contribution in [0, 0.1) is 0 Å². The number of halogens is 2. The first-order valence-electron chi connectivity index (χ1n) is 8.46. The summed E-state index contributed by atoms with van der Waals surface area (Å²) < 4.78 is 4.61. The van der Waals surface area contributed by atoms with Gasteiger partial charge in [0.05, 0.1) is 7.11 Å². The van der Waals surface area contributed by atoms with Gasteiger partial charge in [0.2, 0.25) is 0 Å². The van der Waals surface area contributed by atoms with Gasteiger partial charge in [0, 0.05) is 17.2 Å². The molecule has 0 amide bonds. The average Bonchev–Trinajstić information content (AvgIpc) is 2.49. The van der Waals surface area contributed by atoms with Gasteiger partial charge in [-0.25, -0.2) is 0 Å². The summed E-state index contributed by atoms with van der Waals surface area (Å²) in [7, 11) is 1.44.